The monoisotopic (exact) mass is 377 g/mol. The number of rotatable bonds is 5. The van der Waals surface area contributed by atoms with E-state index in [9.17, 15) is 4.79 Å². The highest BCUT2D eigenvalue weighted by atomic mass is 35.5. The fraction of sp³-hybridized carbons (Fsp3) is 0.100. The molecule has 134 valence electrons. The second-order valence-corrected chi connectivity index (χ2v) is 6.21. The molecule has 1 aromatic heterocycles. The molecule has 3 rings (SSSR count). The van der Waals surface area contributed by atoms with E-state index in [1.807, 2.05) is 18.2 Å². The van der Waals surface area contributed by atoms with Crippen LogP contribution in [0.2, 0.25) is 5.02 Å². The molecule has 3 aromatic rings. The van der Waals surface area contributed by atoms with Crippen LogP contribution in [0.15, 0.2) is 54.6 Å². The molecule has 0 aliphatic carbocycles. The molecule has 0 fully saturated rings. The van der Waals surface area contributed by atoms with Gasteiger partial charge >= 0.3 is 0 Å². The van der Waals surface area contributed by atoms with Crippen molar-refractivity contribution in [1.82, 2.24) is 15.3 Å². The number of hydrogen-bond acceptors (Lipinski definition) is 5. The summed E-state index contributed by atoms with van der Waals surface area (Å²) in [5, 5.41) is 15.3. The van der Waals surface area contributed by atoms with E-state index in [2.05, 4.69) is 26.7 Å². The average molecular weight is 378 g/mol. The van der Waals surface area contributed by atoms with Gasteiger partial charge in [0, 0.05) is 22.9 Å². The summed E-state index contributed by atoms with van der Waals surface area (Å²) in [4.78, 5) is 21.0. The highest BCUT2D eigenvalue weighted by Crippen LogP contribution is 2.16. The molecule has 0 unspecified atom stereocenters. The zero-order valence-electron chi connectivity index (χ0n) is 14.5. The van der Waals surface area contributed by atoms with Gasteiger partial charge in [-0.05, 0) is 48.9 Å². The van der Waals surface area contributed by atoms with Crippen molar-refractivity contribution >= 4 is 29.1 Å². The number of amides is 1. The molecule has 7 heteroatoms. The predicted octanol–water partition coefficient (Wildman–Crippen LogP) is 3.98. The minimum atomic E-state index is -0.316. The van der Waals surface area contributed by atoms with Crippen LogP contribution in [0.1, 0.15) is 27.3 Å². The van der Waals surface area contributed by atoms with Crippen LogP contribution < -0.4 is 10.6 Å². The molecule has 2 aromatic carbocycles. The van der Waals surface area contributed by atoms with Crippen molar-refractivity contribution in [2.24, 2.45) is 0 Å². The summed E-state index contributed by atoms with van der Waals surface area (Å²) in [5.74, 6) is -0.00843. The highest BCUT2D eigenvalue weighted by molar-refractivity contribution is 6.31. The third-order valence-electron chi connectivity index (χ3n) is 3.75. The lowest BCUT2D eigenvalue weighted by molar-refractivity contribution is 0.0946. The van der Waals surface area contributed by atoms with E-state index in [1.54, 1.807) is 43.3 Å². The smallest absolute Gasteiger partial charge is 0.270 e. The van der Waals surface area contributed by atoms with Crippen LogP contribution in [-0.2, 0) is 6.54 Å². The number of carbonyl (C=O) groups excluding carboxylic acids is 1. The van der Waals surface area contributed by atoms with Gasteiger partial charge in [0.1, 0.15) is 5.69 Å². The van der Waals surface area contributed by atoms with E-state index in [-0.39, 0.29) is 11.6 Å². The molecule has 0 aliphatic rings. The van der Waals surface area contributed by atoms with Crippen molar-refractivity contribution in [2.75, 3.05) is 5.32 Å². The first kappa shape index (κ1) is 18.4. The fourth-order valence-electron chi connectivity index (χ4n) is 2.41. The summed E-state index contributed by atoms with van der Waals surface area (Å²) < 4.78 is 0. The maximum atomic E-state index is 12.5. The zero-order chi connectivity index (χ0) is 19.2. The van der Waals surface area contributed by atoms with Gasteiger partial charge in [-0.25, -0.2) is 9.97 Å². The average Bonchev–Trinajstić information content (AvgIpc) is 2.67. The standard InChI is InChI=1S/C20H16ClN5O/c1-13-10-18(19(27)23-12-15-4-2-3-5-17(15)21)26-20(24-13)25-16-8-6-14(11-22)7-9-16/h2-10H,12H2,1H3,(H,23,27)(H,24,25,26). The molecule has 0 atom stereocenters. The van der Waals surface area contributed by atoms with Gasteiger partial charge in [0.15, 0.2) is 0 Å². The minimum absolute atomic E-state index is 0.255. The molecule has 0 spiro atoms. The predicted molar refractivity (Wildman–Crippen MR) is 104 cm³/mol. The molecule has 0 saturated carbocycles. The minimum Gasteiger partial charge on any atom is -0.347 e. The number of nitrogens with one attached hydrogen (secondary N) is 2. The maximum absolute atomic E-state index is 12.5. The molecule has 0 radical (unpaired) electrons. The number of nitriles is 1. The van der Waals surface area contributed by atoms with Gasteiger partial charge in [0.25, 0.3) is 5.91 Å². The van der Waals surface area contributed by atoms with Crippen LogP contribution in [0, 0.1) is 18.3 Å². The molecular weight excluding hydrogens is 362 g/mol. The fourth-order valence-corrected chi connectivity index (χ4v) is 2.61. The Balaban J connectivity index is 1.73. The summed E-state index contributed by atoms with van der Waals surface area (Å²) >= 11 is 6.11. The molecule has 0 saturated heterocycles. The van der Waals surface area contributed by atoms with Crippen molar-refractivity contribution in [3.8, 4) is 6.07 Å². The Hall–Kier alpha value is -3.43. The van der Waals surface area contributed by atoms with Crippen molar-refractivity contribution in [1.29, 1.82) is 5.26 Å². The lowest BCUT2D eigenvalue weighted by Crippen LogP contribution is -2.24. The summed E-state index contributed by atoms with van der Waals surface area (Å²) in [6, 6.07) is 17.9. The third kappa shape index (κ3) is 4.81. The Labute approximate surface area is 161 Å². The van der Waals surface area contributed by atoms with E-state index in [0.29, 0.717) is 28.8 Å². The molecule has 2 N–H and O–H groups in total. The Morgan fingerprint density at radius 1 is 1.15 bits per heavy atom. The van der Waals surface area contributed by atoms with Crippen LogP contribution in [0.25, 0.3) is 0 Å². The Morgan fingerprint density at radius 3 is 2.59 bits per heavy atom. The van der Waals surface area contributed by atoms with Gasteiger partial charge in [-0.1, -0.05) is 29.8 Å². The van der Waals surface area contributed by atoms with Crippen molar-refractivity contribution in [3.63, 3.8) is 0 Å². The number of nitrogens with zero attached hydrogens (tertiary/aromatic N) is 3. The molecular formula is C20H16ClN5O. The highest BCUT2D eigenvalue weighted by Gasteiger charge is 2.11. The van der Waals surface area contributed by atoms with E-state index in [1.165, 1.54) is 0 Å². The van der Waals surface area contributed by atoms with Crippen LogP contribution in [0.4, 0.5) is 11.6 Å². The van der Waals surface area contributed by atoms with Crippen LogP contribution in [-0.4, -0.2) is 15.9 Å². The first-order valence-corrected chi connectivity index (χ1v) is 8.57. The second-order valence-electron chi connectivity index (χ2n) is 5.81. The Morgan fingerprint density at radius 2 is 1.89 bits per heavy atom. The number of carbonyl (C=O) groups is 1. The second kappa shape index (κ2) is 8.30. The number of benzene rings is 2. The molecule has 6 nitrogen and oxygen atoms in total. The number of hydrogen-bond donors (Lipinski definition) is 2. The number of aromatic nitrogens is 2. The summed E-state index contributed by atoms with van der Waals surface area (Å²) in [6.07, 6.45) is 0. The lowest BCUT2D eigenvalue weighted by Gasteiger charge is -2.09. The van der Waals surface area contributed by atoms with Crippen molar-refractivity contribution in [3.05, 3.63) is 82.1 Å². The lowest BCUT2D eigenvalue weighted by atomic mass is 10.2. The first-order valence-electron chi connectivity index (χ1n) is 8.19. The molecule has 0 aliphatic heterocycles. The summed E-state index contributed by atoms with van der Waals surface area (Å²) in [6.45, 7) is 2.09. The zero-order valence-corrected chi connectivity index (χ0v) is 15.3. The number of halogens is 1. The van der Waals surface area contributed by atoms with E-state index < -0.39 is 0 Å². The molecule has 0 bridgehead atoms. The van der Waals surface area contributed by atoms with E-state index in [4.69, 9.17) is 16.9 Å². The quantitative estimate of drug-likeness (QED) is 0.701. The van der Waals surface area contributed by atoms with Crippen LogP contribution >= 0.6 is 11.6 Å². The topological polar surface area (TPSA) is 90.7 Å². The molecule has 1 heterocycles. The van der Waals surface area contributed by atoms with Gasteiger partial charge < -0.3 is 10.6 Å². The van der Waals surface area contributed by atoms with Gasteiger partial charge in [0.2, 0.25) is 5.95 Å². The van der Waals surface area contributed by atoms with Crippen LogP contribution in [0.5, 0.6) is 0 Å². The van der Waals surface area contributed by atoms with Gasteiger partial charge in [-0.15, -0.1) is 0 Å². The van der Waals surface area contributed by atoms with Crippen LogP contribution in [0.3, 0.4) is 0 Å². The van der Waals surface area contributed by atoms with Gasteiger partial charge in [0.05, 0.1) is 11.6 Å². The summed E-state index contributed by atoms with van der Waals surface area (Å²) in [7, 11) is 0. The van der Waals surface area contributed by atoms with Gasteiger partial charge in [-0.2, -0.15) is 5.26 Å². The maximum Gasteiger partial charge on any atom is 0.270 e. The normalized spacial score (nSPS) is 10.1. The largest absolute Gasteiger partial charge is 0.347 e. The SMILES string of the molecule is Cc1cc(C(=O)NCc2ccccc2Cl)nc(Nc2ccc(C#N)cc2)n1. The Bertz CT molecular complexity index is 1010. The molecule has 27 heavy (non-hydrogen) atoms. The number of aryl methyl sites for hydroxylation is 1. The number of anilines is 2. The van der Waals surface area contributed by atoms with E-state index in [0.717, 1.165) is 11.3 Å². The van der Waals surface area contributed by atoms with Crippen molar-refractivity contribution in [2.45, 2.75) is 13.5 Å². The molecule has 1 amide bonds. The third-order valence-corrected chi connectivity index (χ3v) is 4.12. The van der Waals surface area contributed by atoms with E-state index >= 15 is 0 Å². The van der Waals surface area contributed by atoms with Crippen molar-refractivity contribution < 1.29 is 4.79 Å². The van der Waals surface area contributed by atoms with Gasteiger partial charge in [-0.3, -0.25) is 4.79 Å². The summed E-state index contributed by atoms with van der Waals surface area (Å²) in [5.41, 5.74) is 3.02. The Kier molecular flexibility index (Phi) is 5.64. The first-order chi connectivity index (χ1) is 13.0.